The van der Waals surface area contributed by atoms with Crippen molar-refractivity contribution in [1.29, 1.82) is 0 Å². The van der Waals surface area contributed by atoms with Crippen LogP contribution in [-0.4, -0.2) is 42.8 Å². The molecule has 1 rings (SSSR count). The molecule has 102 valence electrons. The molecule has 1 unspecified atom stereocenters. The molecule has 0 aromatic heterocycles. The molecule has 1 amide bonds. The summed E-state index contributed by atoms with van der Waals surface area (Å²) in [7, 11) is 1.28. The molecule has 1 aliphatic rings. The number of Topliss-reactive ketones (excluding diaryl/α,β-unsaturated/α-hetero) is 1. The minimum absolute atomic E-state index is 0.0586. The summed E-state index contributed by atoms with van der Waals surface area (Å²) < 4.78 is 4.61. The molecule has 0 aromatic rings. The summed E-state index contributed by atoms with van der Waals surface area (Å²) in [6, 6.07) is 0. The Morgan fingerprint density at radius 2 is 2.06 bits per heavy atom. The average Bonchev–Trinajstić information content (AvgIpc) is 2.49. The Bertz CT molecular complexity index is 338. The number of hydrogen-bond donors (Lipinski definition) is 0. The molecular weight excluding hydrogens is 234 g/mol. The normalized spacial score (nSPS) is 20.8. The zero-order valence-electron chi connectivity index (χ0n) is 11.3. The fourth-order valence-electron chi connectivity index (χ4n) is 2.10. The van der Waals surface area contributed by atoms with Crippen LogP contribution in [0.3, 0.4) is 0 Å². The molecule has 1 fully saturated rings. The minimum Gasteiger partial charge on any atom is -0.468 e. The number of methoxy groups -OCH3 is 1. The first-order chi connectivity index (χ1) is 8.45. The minimum atomic E-state index is -0.702. The van der Waals surface area contributed by atoms with E-state index in [1.54, 1.807) is 4.90 Å². The summed E-state index contributed by atoms with van der Waals surface area (Å²) in [6.45, 7) is 4.84. The van der Waals surface area contributed by atoms with Crippen molar-refractivity contribution in [2.45, 2.75) is 33.1 Å². The zero-order valence-corrected chi connectivity index (χ0v) is 11.3. The standard InChI is InChI=1S/C13H21NO4/c1-9(2)8-12(16)14-6-4-10(13(17)18-3)11(15)5-7-14/h9-10H,4-8H2,1-3H3. The van der Waals surface area contributed by atoms with Gasteiger partial charge in [-0.3, -0.25) is 14.4 Å². The first kappa shape index (κ1) is 14.7. The van der Waals surface area contributed by atoms with Crippen LogP contribution >= 0.6 is 0 Å². The lowest BCUT2D eigenvalue weighted by atomic mass is 10.00. The van der Waals surface area contributed by atoms with Crippen molar-refractivity contribution in [2.75, 3.05) is 20.2 Å². The van der Waals surface area contributed by atoms with Gasteiger partial charge in [-0.2, -0.15) is 0 Å². The first-order valence-electron chi connectivity index (χ1n) is 6.34. The van der Waals surface area contributed by atoms with E-state index in [0.717, 1.165) is 0 Å². The Morgan fingerprint density at radius 1 is 1.39 bits per heavy atom. The SMILES string of the molecule is COC(=O)C1CCN(C(=O)CC(C)C)CCC1=O. The van der Waals surface area contributed by atoms with Crippen LogP contribution in [0.5, 0.6) is 0 Å². The van der Waals surface area contributed by atoms with Crippen LogP contribution in [0.4, 0.5) is 0 Å². The third-order valence-electron chi connectivity index (χ3n) is 3.13. The predicted octanol–water partition coefficient (Wildman–Crippen LogP) is 1.01. The first-order valence-corrected chi connectivity index (χ1v) is 6.34. The Balaban J connectivity index is 2.62. The van der Waals surface area contributed by atoms with Crippen molar-refractivity contribution < 1.29 is 19.1 Å². The van der Waals surface area contributed by atoms with Gasteiger partial charge in [-0.15, -0.1) is 0 Å². The van der Waals surface area contributed by atoms with Gasteiger partial charge in [-0.05, 0) is 12.3 Å². The van der Waals surface area contributed by atoms with Crippen molar-refractivity contribution in [3.8, 4) is 0 Å². The van der Waals surface area contributed by atoms with Crippen molar-refractivity contribution >= 4 is 17.7 Å². The van der Waals surface area contributed by atoms with Crippen LogP contribution in [-0.2, 0) is 19.1 Å². The number of hydrogen-bond acceptors (Lipinski definition) is 4. The average molecular weight is 255 g/mol. The number of esters is 1. The number of rotatable bonds is 3. The van der Waals surface area contributed by atoms with E-state index in [1.807, 2.05) is 13.8 Å². The van der Waals surface area contributed by atoms with Crippen molar-refractivity contribution in [3.05, 3.63) is 0 Å². The zero-order chi connectivity index (χ0) is 13.7. The number of carbonyl (C=O) groups excluding carboxylic acids is 3. The summed E-state index contributed by atoms with van der Waals surface area (Å²) in [5.41, 5.74) is 0. The molecule has 0 radical (unpaired) electrons. The summed E-state index contributed by atoms with van der Waals surface area (Å²) in [5.74, 6) is -0.956. The molecule has 5 heteroatoms. The highest BCUT2D eigenvalue weighted by atomic mass is 16.5. The van der Waals surface area contributed by atoms with Gasteiger partial charge in [0, 0.05) is 25.9 Å². The molecular formula is C13H21NO4. The molecule has 1 heterocycles. The number of carbonyl (C=O) groups is 3. The quantitative estimate of drug-likeness (QED) is 0.558. The Kier molecular flexibility index (Phi) is 5.31. The second-order valence-electron chi connectivity index (χ2n) is 5.06. The molecule has 0 aliphatic carbocycles. The third-order valence-corrected chi connectivity index (χ3v) is 3.13. The molecule has 0 spiro atoms. The van der Waals surface area contributed by atoms with Gasteiger partial charge in [0.1, 0.15) is 11.7 Å². The van der Waals surface area contributed by atoms with E-state index < -0.39 is 11.9 Å². The second kappa shape index (κ2) is 6.52. The van der Waals surface area contributed by atoms with Crippen molar-refractivity contribution in [1.82, 2.24) is 4.90 Å². The third kappa shape index (κ3) is 3.82. The van der Waals surface area contributed by atoms with Gasteiger partial charge in [0.25, 0.3) is 0 Å². The molecule has 1 saturated heterocycles. The molecule has 0 N–H and O–H groups in total. The van der Waals surface area contributed by atoms with Crippen molar-refractivity contribution in [2.24, 2.45) is 11.8 Å². The monoisotopic (exact) mass is 255 g/mol. The molecule has 1 atom stereocenters. The topological polar surface area (TPSA) is 63.7 Å². The fourth-order valence-corrected chi connectivity index (χ4v) is 2.10. The number of nitrogens with zero attached hydrogens (tertiary/aromatic N) is 1. The molecule has 18 heavy (non-hydrogen) atoms. The van der Waals surface area contributed by atoms with Crippen molar-refractivity contribution in [3.63, 3.8) is 0 Å². The van der Waals surface area contributed by atoms with Gasteiger partial charge in [0.2, 0.25) is 5.91 Å². The fraction of sp³-hybridized carbons (Fsp3) is 0.769. The van der Waals surface area contributed by atoms with E-state index in [0.29, 0.717) is 31.8 Å². The van der Waals surface area contributed by atoms with Gasteiger partial charge in [0.05, 0.1) is 7.11 Å². The van der Waals surface area contributed by atoms with Crippen LogP contribution in [0, 0.1) is 11.8 Å². The number of likely N-dealkylation sites (tertiary alicyclic amines) is 1. The Labute approximate surface area is 107 Å². The van der Waals surface area contributed by atoms with Gasteiger partial charge < -0.3 is 9.64 Å². The lowest BCUT2D eigenvalue weighted by molar-refractivity contribution is -0.149. The van der Waals surface area contributed by atoms with Gasteiger partial charge in [-0.1, -0.05) is 13.8 Å². The van der Waals surface area contributed by atoms with E-state index in [4.69, 9.17) is 0 Å². The van der Waals surface area contributed by atoms with E-state index in [1.165, 1.54) is 7.11 Å². The van der Waals surface area contributed by atoms with Crippen LogP contribution in [0.2, 0.25) is 0 Å². The number of ketones is 1. The summed E-state index contributed by atoms with van der Waals surface area (Å²) >= 11 is 0. The summed E-state index contributed by atoms with van der Waals surface area (Å²) in [5, 5.41) is 0. The lowest BCUT2D eigenvalue weighted by Crippen LogP contribution is -2.33. The van der Waals surface area contributed by atoms with E-state index >= 15 is 0 Å². The Morgan fingerprint density at radius 3 is 2.61 bits per heavy atom. The van der Waals surface area contributed by atoms with Crippen LogP contribution in [0.15, 0.2) is 0 Å². The van der Waals surface area contributed by atoms with Crippen LogP contribution in [0.1, 0.15) is 33.1 Å². The van der Waals surface area contributed by atoms with E-state index in [2.05, 4.69) is 4.74 Å². The highest BCUT2D eigenvalue weighted by Gasteiger charge is 2.31. The van der Waals surface area contributed by atoms with Crippen LogP contribution < -0.4 is 0 Å². The molecule has 0 saturated carbocycles. The highest BCUT2D eigenvalue weighted by molar-refractivity contribution is 5.99. The van der Waals surface area contributed by atoms with E-state index in [-0.39, 0.29) is 18.1 Å². The lowest BCUT2D eigenvalue weighted by Gasteiger charge is -2.21. The smallest absolute Gasteiger partial charge is 0.316 e. The maximum absolute atomic E-state index is 11.9. The maximum atomic E-state index is 11.9. The molecule has 0 aromatic carbocycles. The maximum Gasteiger partial charge on any atom is 0.316 e. The summed E-state index contributed by atoms with van der Waals surface area (Å²) in [6.07, 6.45) is 1.09. The van der Waals surface area contributed by atoms with Crippen LogP contribution in [0.25, 0.3) is 0 Å². The van der Waals surface area contributed by atoms with Gasteiger partial charge in [-0.25, -0.2) is 0 Å². The summed E-state index contributed by atoms with van der Waals surface area (Å²) in [4.78, 5) is 36.8. The van der Waals surface area contributed by atoms with Gasteiger partial charge in [0.15, 0.2) is 0 Å². The largest absolute Gasteiger partial charge is 0.468 e. The highest BCUT2D eigenvalue weighted by Crippen LogP contribution is 2.17. The van der Waals surface area contributed by atoms with Gasteiger partial charge >= 0.3 is 5.97 Å². The molecule has 1 aliphatic heterocycles. The number of amides is 1. The Hall–Kier alpha value is -1.39. The molecule has 5 nitrogen and oxygen atoms in total. The number of ether oxygens (including phenoxy) is 1. The van der Waals surface area contributed by atoms with E-state index in [9.17, 15) is 14.4 Å². The molecule has 0 bridgehead atoms. The predicted molar refractivity (Wildman–Crippen MR) is 65.8 cm³/mol. The second-order valence-corrected chi connectivity index (χ2v) is 5.06.